The van der Waals surface area contributed by atoms with Gasteiger partial charge in [-0.15, -0.1) is 0 Å². The van der Waals surface area contributed by atoms with Crippen molar-refractivity contribution in [3.05, 3.63) is 18.1 Å². The highest BCUT2D eigenvalue weighted by atomic mass is 16.6. The van der Waals surface area contributed by atoms with E-state index < -0.39 is 5.60 Å². The Labute approximate surface area is 163 Å². The summed E-state index contributed by atoms with van der Waals surface area (Å²) in [5.41, 5.74) is 1.52. The second-order valence-electron chi connectivity index (χ2n) is 6.85. The Balaban J connectivity index is 0.000000855. The molecule has 152 valence electrons. The zero-order valence-corrected chi connectivity index (χ0v) is 18.1. The number of carbonyl (C=O) groups excluding carboxylic acids is 1. The summed E-state index contributed by atoms with van der Waals surface area (Å²) in [7, 11) is 0. The van der Waals surface area contributed by atoms with Crippen molar-refractivity contribution in [2.24, 2.45) is 0 Å². The van der Waals surface area contributed by atoms with Crippen LogP contribution >= 0.6 is 0 Å². The van der Waals surface area contributed by atoms with Crippen LogP contribution in [0.5, 0.6) is 0 Å². The average Bonchev–Trinajstić information content (AvgIpc) is 3.05. The van der Waals surface area contributed by atoms with E-state index in [0.717, 1.165) is 35.5 Å². The normalized spacial score (nSPS) is 14.1. The maximum Gasteiger partial charge on any atom is 0.410 e. The number of nitrogens with zero attached hydrogens (tertiary/aromatic N) is 4. The van der Waals surface area contributed by atoms with Gasteiger partial charge >= 0.3 is 6.09 Å². The molecule has 0 aliphatic carbocycles. The molecule has 1 aliphatic heterocycles. The predicted octanol–water partition coefficient (Wildman–Crippen LogP) is 4.38. The van der Waals surface area contributed by atoms with E-state index >= 15 is 0 Å². The van der Waals surface area contributed by atoms with E-state index in [-0.39, 0.29) is 6.09 Å². The van der Waals surface area contributed by atoms with Gasteiger partial charge in [-0.3, -0.25) is 0 Å². The molecule has 0 unspecified atom stereocenters. The van der Waals surface area contributed by atoms with E-state index in [4.69, 9.17) is 4.74 Å². The third-order valence-corrected chi connectivity index (χ3v) is 3.88. The Hall–Kier alpha value is -2.31. The lowest BCUT2D eigenvalue weighted by molar-refractivity contribution is 0.0240. The smallest absolute Gasteiger partial charge is 0.410 e. The summed E-state index contributed by atoms with van der Waals surface area (Å²) in [6, 6.07) is 0. The number of hydrogen-bond donors (Lipinski definition) is 1. The molecule has 1 amide bonds. The van der Waals surface area contributed by atoms with Crippen molar-refractivity contribution in [3.63, 3.8) is 0 Å². The first-order chi connectivity index (χ1) is 12.8. The van der Waals surface area contributed by atoms with Crippen LogP contribution in [-0.4, -0.2) is 57.7 Å². The van der Waals surface area contributed by atoms with Crippen molar-refractivity contribution in [2.45, 2.75) is 61.0 Å². The highest BCUT2D eigenvalue weighted by Gasteiger charge is 2.27. The molecule has 1 fully saturated rings. The van der Waals surface area contributed by atoms with E-state index in [2.05, 4.69) is 19.9 Å². The molecule has 1 aliphatic rings. The van der Waals surface area contributed by atoms with Gasteiger partial charge in [-0.05, 0) is 33.3 Å². The van der Waals surface area contributed by atoms with Crippen LogP contribution in [0.3, 0.4) is 0 Å². The largest absolute Gasteiger partial charge is 0.444 e. The van der Waals surface area contributed by atoms with Crippen molar-refractivity contribution < 1.29 is 9.53 Å². The maximum atomic E-state index is 12.1. The second-order valence-corrected chi connectivity index (χ2v) is 6.85. The van der Waals surface area contributed by atoms with Gasteiger partial charge in [0.2, 0.25) is 0 Å². The van der Waals surface area contributed by atoms with E-state index in [9.17, 15) is 4.79 Å². The van der Waals surface area contributed by atoms with Gasteiger partial charge in [0.1, 0.15) is 23.4 Å². The third-order valence-electron chi connectivity index (χ3n) is 3.88. The van der Waals surface area contributed by atoms with Gasteiger partial charge in [-0.2, -0.15) is 0 Å². The number of aromatic nitrogens is 3. The summed E-state index contributed by atoms with van der Waals surface area (Å²) < 4.78 is 5.43. The summed E-state index contributed by atoms with van der Waals surface area (Å²) >= 11 is 0. The van der Waals surface area contributed by atoms with Crippen LogP contribution in [0, 0.1) is 6.92 Å². The third kappa shape index (κ3) is 5.84. The van der Waals surface area contributed by atoms with Crippen molar-refractivity contribution in [2.75, 3.05) is 31.1 Å². The molecular formula is C20H35N5O2. The number of hydrogen-bond acceptors (Lipinski definition) is 5. The molecule has 0 saturated carbocycles. The minimum absolute atomic E-state index is 0.247. The van der Waals surface area contributed by atoms with Crippen molar-refractivity contribution in [3.8, 4) is 0 Å². The number of aromatic amines is 1. The van der Waals surface area contributed by atoms with Gasteiger partial charge in [0.15, 0.2) is 0 Å². The Morgan fingerprint density at radius 2 is 1.67 bits per heavy atom. The molecule has 0 atom stereocenters. The lowest BCUT2D eigenvalue weighted by Crippen LogP contribution is -2.50. The van der Waals surface area contributed by atoms with Crippen LogP contribution in [-0.2, 0) is 4.74 Å². The van der Waals surface area contributed by atoms with Crippen LogP contribution in [0.1, 0.15) is 54.0 Å². The molecule has 27 heavy (non-hydrogen) atoms. The van der Waals surface area contributed by atoms with Crippen LogP contribution in [0.4, 0.5) is 10.6 Å². The number of amides is 1. The summed E-state index contributed by atoms with van der Waals surface area (Å²) in [5.74, 6) is 0.928. The minimum atomic E-state index is -0.463. The van der Waals surface area contributed by atoms with Crippen LogP contribution in [0.15, 0.2) is 12.5 Å². The topological polar surface area (TPSA) is 74.4 Å². The Morgan fingerprint density at radius 1 is 1.07 bits per heavy atom. The Morgan fingerprint density at radius 3 is 2.22 bits per heavy atom. The zero-order valence-electron chi connectivity index (χ0n) is 18.1. The van der Waals surface area contributed by atoms with E-state index in [0.29, 0.717) is 13.1 Å². The lowest BCUT2D eigenvalue weighted by Gasteiger charge is -2.36. The number of fused-ring (bicyclic) bond motifs is 1. The number of carbonyl (C=O) groups is 1. The quantitative estimate of drug-likeness (QED) is 0.798. The first kappa shape index (κ1) is 22.7. The van der Waals surface area contributed by atoms with Crippen molar-refractivity contribution >= 4 is 22.9 Å². The van der Waals surface area contributed by atoms with Gasteiger partial charge in [0, 0.05) is 32.4 Å². The molecule has 1 N–H and O–H groups in total. The van der Waals surface area contributed by atoms with E-state index in [1.807, 2.05) is 61.6 Å². The summed E-state index contributed by atoms with van der Waals surface area (Å²) in [6.07, 6.45) is 3.27. The number of ether oxygens (including phenoxy) is 1. The molecule has 0 aromatic carbocycles. The standard InChI is InChI=1S/C16H23N5O2.2C2H6/c1-11-9-17-13-12(11)14(19-10-18-13)20-5-7-21(8-6-20)15(22)23-16(2,3)4;2*1-2/h9-10H,5-8H2,1-4H3,(H,17,18,19);2*1-2H3. The molecule has 0 radical (unpaired) electrons. The second kappa shape index (κ2) is 10.1. The van der Waals surface area contributed by atoms with Gasteiger partial charge in [-0.1, -0.05) is 27.7 Å². The number of anilines is 1. The first-order valence-corrected chi connectivity index (χ1v) is 9.87. The Bertz CT molecular complexity index is 713. The number of aryl methyl sites for hydroxylation is 1. The van der Waals surface area contributed by atoms with Gasteiger partial charge in [0.05, 0.1) is 5.39 Å². The fourth-order valence-electron chi connectivity index (χ4n) is 2.76. The summed E-state index contributed by atoms with van der Waals surface area (Å²) in [6.45, 7) is 18.4. The monoisotopic (exact) mass is 377 g/mol. The molecule has 3 rings (SSSR count). The van der Waals surface area contributed by atoms with E-state index in [1.165, 1.54) is 0 Å². The fraction of sp³-hybridized carbons (Fsp3) is 0.650. The number of rotatable bonds is 1. The van der Waals surface area contributed by atoms with Gasteiger partial charge in [-0.25, -0.2) is 14.8 Å². The number of H-pyrrole nitrogens is 1. The highest BCUT2D eigenvalue weighted by molar-refractivity contribution is 5.90. The van der Waals surface area contributed by atoms with Crippen LogP contribution in [0.2, 0.25) is 0 Å². The SMILES string of the molecule is CC.CC.Cc1c[nH]c2ncnc(N3CCN(C(=O)OC(C)(C)C)CC3)c12. The molecule has 0 spiro atoms. The average molecular weight is 378 g/mol. The maximum absolute atomic E-state index is 12.1. The van der Waals surface area contributed by atoms with Gasteiger partial charge in [0.25, 0.3) is 0 Å². The minimum Gasteiger partial charge on any atom is -0.444 e. The molecule has 3 heterocycles. The Kier molecular flexibility index (Phi) is 8.53. The molecule has 7 nitrogen and oxygen atoms in total. The summed E-state index contributed by atoms with van der Waals surface area (Å²) in [5, 5.41) is 1.05. The predicted molar refractivity (Wildman–Crippen MR) is 111 cm³/mol. The number of nitrogens with one attached hydrogen (secondary N) is 1. The first-order valence-electron chi connectivity index (χ1n) is 9.87. The molecule has 1 saturated heterocycles. The van der Waals surface area contributed by atoms with E-state index in [1.54, 1.807) is 11.2 Å². The highest BCUT2D eigenvalue weighted by Crippen LogP contribution is 2.26. The van der Waals surface area contributed by atoms with Crippen molar-refractivity contribution in [1.82, 2.24) is 19.9 Å². The van der Waals surface area contributed by atoms with Crippen LogP contribution < -0.4 is 4.90 Å². The lowest BCUT2D eigenvalue weighted by atomic mass is 10.2. The fourth-order valence-corrected chi connectivity index (χ4v) is 2.76. The van der Waals surface area contributed by atoms with Crippen LogP contribution in [0.25, 0.3) is 11.0 Å². The number of piperazine rings is 1. The summed E-state index contributed by atoms with van der Waals surface area (Å²) in [4.78, 5) is 28.0. The zero-order chi connectivity index (χ0) is 20.6. The van der Waals surface area contributed by atoms with Crippen molar-refractivity contribution in [1.29, 1.82) is 0 Å². The van der Waals surface area contributed by atoms with Gasteiger partial charge < -0.3 is 19.5 Å². The molecule has 0 bridgehead atoms. The molecular weight excluding hydrogens is 342 g/mol. The molecule has 2 aromatic heterocycles. The molecule has 7 heteroatoms. The molecule has 2 aromatic rings.